The Morgan fingerprint density at radius 2 is 1.66 bits per heavy atom. The van der Waals surface area contributed by atoms with Gasteiger partial charge in [0.15, 0.2) is 4.90 Å². The van der Waals surface area contributed by atoms with E-state index in [9.17, 15) is 21.6 Å². The van der Waals surface area contributed by atoms with Crippen LogP contribution in [0.1, 0.15) is 25.8 Å². The van der Waals surface area contributed by atoms with Crippen LogP contribution < -0.4 is 4.72 Å². The normalized spacial score (nSPS) is 12.1. The molecule has 0 saturated carbocycles. The summed E-state index contributed by atoms with van der Waals surface area (Å²) in [5.41, 5.74) is 0.415. The molecule has 0 amide bonds. The van der Waals surface area contributed by atoms with Crippen molar-refractivity contribution < 1.29 is 21.6 Å². The molecular weight excluding hydrogens is 521 g/mol. The Kier molecular flexibility index (Phi) is 6.60. The van der Waals surface area contributed by atoms with Gasteiger partial charge in [-0.1, -0.05) is 26.8 Å². The molecule has 2 aromatic carbocycles. The minimum atomic E-state index is -4.78. The van der Waals surface area contributed by atoms with Crippen molar-refractivity contribution in [2.45, 2.75) is 31.1 Å². The number of rotatable bonds is 5. The number of benzene rings is 2. The Morgan fingerprint density at radius 1 is 0.971 bits per heavy atom. The Morgan fingerprint density at radius 3 is 2.29 bits per heavy atom. The van der Waals surface area contributed by atoms with Gasteiger partial charge in [0, 0.05) is 17.2 Å². The Balaban J connectivity index is 1.84. The molecule has 0 radical (unpaired) electrons. The number of nitrogens with one attached hydrogen (secondary N) is 1. The van der Waals surface area contributed by atoms with Gasteiger partial charge in [-0.25, -0.2) is 36.5 Å². The maximum atomic E-state index is 14.6. The van der Waals surface area contributed by atoms with Crippen molar-refractivity contribution in [1.82, 2.24) is 15.0 Å². The lowest BCUT2D eigenvalue weighted by Gasteiger charge is -2.13. The molecular formula is C23H18ClF3N4O2S2. The first kappa shape index (κ1) is 25.1. The minimum absolute atomic E-state index is 0.0265. The zero-order chi connectivity index (χ0) is 25.5. The molecule has 0 aliphatic carbocycles. The maximum Gasteiger partial charge on any atom is 0.267 e. The van der Waals surface area contributed by atoms with E-state index in [1.54, 1.807) is 6.07 Å². The average molecular weight is 539 g/mol. The maximum absolute atomic E-state index is 14.6. The summed E-state index contributed by atoms with van der Waals surface area (Å²) in [4.78, 5) is 12.2. The fourth-order valence-electron chi connectivity index (χ4n) is 3.16. The summed E-state index contributed by atoms with van der Waals surface area (Å²) in [6, 6.07) is 7.94. The lowest BCUT2D eigenvalue weighted by atomic mass is 9.98. The highest BCUT2D eigenvalue weighted by Gasteiger charge is 2.27. The first-order valence-electron chi connectivity index (χ1n) is 10.1. The molecule has 0 spiro atoms. The third-order valence-electron chi connectivity index (χ3n) is 4.80. The van der Waals surface area contributed by atoms with Gasteiger partial charge in [0.1, 0.15) is 17.5 Å². The van der Waals surface area contributed by atoms with E-state index in [2.05, 4.69) is 9.97 Å². The number of thiazole rings is 1. The summed E-state index contributed by atoms with van der Waals surface area (Å²) in [5, 5.41) is 0.774. The molecule has 6 nitrogen and oxygen atoms in total. The van der Waals surface area contributed by atoms with Crippen LogP contribution in [0, 0.1) is 17.5 Å². The minimum Gasteiger partial charge on any atom is -0.276 e. The first-order valence-corrected chi connectivity index (χ1v) is 12.8. The molecule has 12 heteroatoms. The monoisotopic (exact) mass is 538 g/mol. The van der Waals surface area contributed by atoms with E-state index in [1.165, 1.54) is 29.7 Å². The van der Waals surface area contributed by atoms with E-state index in [0.717, 1.165) is 29.3 Å². The number of halogens is 4. The molecule has 0 aliphatic rings. The van der Waals surface area contributed by atoms with Crippen LogP contribution in [0.15, 0.2) is 53.6 Å². The van der Waals surface area contributed by atoms with E-state index in [-0.39, 0.29) is 10.7 Å². The van der Waals surface area contributed by atoms with E-state index in [0.29, 0.717) is 21.8 Å². The van der Waals surface area contributed by atoms with Crippen molar-refractivity contribution in [2.24, 2.45) is 0 Å². The van der Waals surface area contributed by atoms with Crippen LogP contribution in [-0.4, -0.2) is 23.4 Å². The third-order valence-corrected chi connectivity index (χ3v) is 7.90. The topological polar surface area (TPSA) is 84.8 Å². The highest BCUT2D eigenvalue weighted by Crippen LogP contribution is 2.41. The Bertz CT molecular complexity index is 1520. The average Bonchev–Trinajstić information content (AvgIpc) is 3.21. The second kappa shape index (κ2) is 9.21. The predicted molar refractivity (Wildman–Crippen MR) is 129 cm³/mol. The van der Waals surface area contributed by atoms with Crippen LogP contribution in [0.2, 0.25) is 5.28 Å². The fourth-order valence-corrected chi connectivity index (χ4v) is 5.62. The van der Waals surface area contributed by atoms with E-state index >= 15 is 0 Å². The van der Waals surface area contributed by atoms with Gasteiger partial charge in [-0.05, 0) is 48.0 Å². The van der Waals surface area contributed by atoms with Crippen molar-refractivity contribution in [2.75, 3.05) is 4.72 Å². The van der Waals surface area contributed by atoms with Crippen LogP contribution in [-0.2, 0) is 15.4 Å². The van der Waals surface area contributed by atoms with Gasteiger partial charge in [0.25, 0.3) is 10.0 Å². The molecule has 2 heterocycles. The second-order valence-electron chi connectivity index (χ2n) is 8.51. The smallest absolute Gasteiger partial charge is 0.267 e. The zero-order valence-electron chi connectivity index (χ0n) is 18.6. The summed E-state index contributed by atoms with van der Waals surface area (Å²) in [6.45, 7) is 5.92. The molecule has 0 bridgehead atoms. The number of nitrogens with zero attached hydrogens (tertiary/aromatic N) is 3. The van der Waals surface area contributed by atoms with Crippen LogP contribution >= 0.6 is 22.9 Å². The highest BCUT2D eigenvalue weighted by atomic mass is 35.5. The van der Waals surface area contributed by atoms with Crippen molar-refractivity contribution in [1.29, 1.82) is 0 Å². The second-order valence-corrected chi connectivity index (χ2v) is 11.5. The quantitative estimate of drug-likeness (QED) is 0.296. The van der Waals surface area contributed by atoms with Crippen molar-refractivity contribution in [3.8, 4) is 21.8 Å². The number of sulfonamides is 1. The van der Waals surface area contributed by atoms with Gasteiger partial charge in [0.2, 0.25) is 5.28 Å². The van der Waals surface area contributed by atoms with Gasteiger partial charge in [-0.3, -0.25) is 4.72 Å². The summed E-state index contributed by atoms with van der Waals surface area (Å²) in [7, 11) is -4.78. The molecule has 0 atom stereocenters. The van der Waals surface area contributed by atoms with Gasteiger partial charge >= 0.3 is 0 Å². The predicted octanol–water partition coefficient (Wildman–Crippen LogP) is 6.44. The summed E-state index contributed by atoms with van der Waals surface area (Å²) in [6.07, 6.45) is 1.48. The van der Waals surface area contributed by atoms with Crippen LogP contribution in [0.25, 0.3) is 21.8 Å². The van der Waals surface area contributed by atoms with E-state index < -0.39 is 38.1 Å². The zero-order valence-corrected chi connectivity index (χ0v) is 21.0. The number of anilines is 1. The van der Waals surface area contributed by atoms with Crippen molar-refractivity contribution in [3.63, 3.8) is 0 Å². The third kappa shape index (κ3) is 5.16. The van der Waals surface area contributed by atoms with Gasteiger partial charge in [-0.2, -0.15) is 0 Å². The van der Waals surface area contributed by atoms with Crippen LogP contribution in [0.3, 0.4) is 0 Å². The lowest BCUT2D eigenvalue weighted by Crippen LogP contribution is -2.17. The van der Waals surface area contributed by atoms with Gasteiger partial charge in [0.05, 0.1) is 27.0 Å². The Labute approximate surface area is 208 Å². The molecule has 0 aliphatic heterocycles. The van der Waals surface area contributed by atoms with E-state index in [4.69, 9.17) is 16.6 Å². The number of aromatic nitrogens is 3. The molecule has 4 rings (SSSR count). The first-order chi connectivity index (χ1) is 16.4. The van der Waals surface area contributed by atoms with Gasteiger partial charge < -0.3 is 0 Å². The van der Waals surface area contributed by atoms with E-state index in [1.807, 2.05) is 25.5 Å². The summed E-state index contributed by atoms with van der Waals surface area (Å²) in [5.74, 6) is -3.54. The SMILES string of the molecule is CC(C)(C)c1nc(-c2ccc(F)c(NS(=O)(=O)c3c(F)cccc3F)c2)c(-c2ccnc(Cl)n2)s1. The lowest BCUT2D eigenvalue weighted by molar-refractivity contribution is 0.521. The molecule has 182 valence electrons. The molecule has 1 N–H and O–H groups in total. The molecule has 35 heavy (non-hydrogen) atoms. The van der Waals surface area contributed by atoms with Crippen LogP contribution in [0.5, 0.6) is 0 Å². The Hall–Kier alpha value is -3.02. The largest absolute Gasteiger partial charge is 0.276 e. The molecule has 4 aromatic rings. The fraction of sp³-hybridized carbons (Fsp3) is 0.174. The highest BCUT2D eigenvalue weighted by molar-refractivity contribution is 7.92. The van der Waals surface area contributed by atoms with Gasteiger partial charge in [-0.15, -0.1) is 11.3 Å². The summed E-state index contributed by atoms with van der Waals surface area (Å²) < 4.78 is 70.2. The molecule has 0 unspecified atom stereocenters. The molecule has 0 saturated heterocycles. The standard InChI is InChI=1S/C23H18ClF3N4O2S2/c1-23(2,3)21-30-18(19(34-21)16-9-10-28-22(24)29-16)12-7-8-13(25)17(11-12)31-35(32,33)20-14(26)5-4-6-15(20)27/h4-11,31H,1-3H3. The van der Waals surface area contributed by atoms with Crippen LogP contribution in [0.4, 0.5) is 18.9 Å². The molecule has 0 fully saturated rings. The van der Waals surface area contributed by atoms with Crippen molar-refractivity contribution in [3.05, 3.63) is 76.4 Å². The number of hydrogen-bond donors (Lipinski definition) is 1. The molecule has 2 aromatic heterocycles. The number of hydrogen-bond acceptors (Lipinski definition) is 6. The summed E-state index contributed by atoms with van der Waals surface area (Å²) >= 11 is 7.32. The van der Waals surface area contributed by atoms with Crippen molar-refractivity contribution >= 4 is 38.6 Å².